The summed E-state index contributed by atoms with van der Waals surface area (Å²) in [5, 5.41) is 12.6. The van der Waals surface area contributed by atoms with Crippen LogP contribution in [0.3, 0.4) is 0 Å². The average molecular weight is 739 g/mol. The van der Waals surface area contributed by atoms with E-state index in [-0.39, 0.29) is 0 Å². The van der Waals surface area contributed by atoms with Gasteiger partial charge in [-0.25, -0.2) is 0 Å². The third-order valence-electron chi connectivity index (χ3n) is 12.8. The van der Waals surface area contributed by atoms with Gasteiger partial charge in [0, 0.05) is 57.7 Å². The standard InChI is InChI=1S/C56H38N2/c1-57-51-24-10-8-18-43(51)45-30-27-37(32-53(45)57)39-20-12-22-47-49(39)34-50-40(38-28-31-46-44-19-9-11-25-52(44)58(2)54(46)33-38)21-13-23-48(50)56(47)55-41-17-7-6-16-36(41)26-29-42(55)35-14-4-3-5-15-35/h3-34H,1-2H3. The first-order chi connectivity index (χ1) is 28.6. The van der Waals surface area contributed by atoms with E-state index in [9.17, 15) is 0 Å². The smallest absolute Gasteiger partial charge is 0.0494 e. The third kappa shape index (κ3) is 4.72. The molecule has 0 atom stereocenters. The van der Waals surface area contributed by atoms with Gasteiger partial charge in [0.1, 0.15) is 0 Å². The number of hydrogen-bond acceptors (Lipinski definition) is 0. The Hall–Kier alpha value is -7.42. The zero-order chi connectivity index (χ0) is 38.5. The van der Waals surface area contributed by atoms with Gasteiger partial charge in [-0.1, -0.05) is 164 Å². The summed E-state index contributed by atoms with van der Waals surface area (Å²) in [7, 11) is 4.38. The SMILES string of the molecule is Cn1c2ccccc2c2ccc(-c3cccc4c(-c5c(-c6ccccc6)ccc6ccccc56)c5cccc(-c6ccc7c8ccccc8n(C)c7c6)c5cc34)cc21. The number of nitrogens with zero attached hydrogens (tertiary/aromatic N) is 2. The molecule has 2 nitrogen and oxygen atoms in total. The molecule has 0 aliphatic carbocycles. The summed E-state index contributed by atoms with van der Waals surface area (Å²) in [6.07, 6.45) is 0. The first-order valence-electron chi connectivity index (χ1n) is 20.1. The number of hydrogen-bond donors (Lipinski definition) is 0. The van der Waals surface area contributed by atoms with Crippen LogP contribution >= 0.6 is 0 Å². The molecule has 272 valence electrons. The van der Waals surface area contributed by atoms with Gasteiger partial charge in [-0.05, 0) is 107 Å². The monoisotopic (exact) mass is 738 g/mol. The van der Waals surface area contributed by atoms with Crippen molar-refractivity contribution in [3.8, 4) is 44.5 Å². The van der Waals surface area contributed by atoms with Crippen LogP contribution in [0.5, 0.6) is 0 Å². The second-order valence-electron chi connectivity index (χ2n) is 15.7. The predicted octanol–water partition coefficient (Wildman–Crippen LogP) is 15.1. The molecule has 0 N–H and O–H groups in total. The fraction of sp³-hybridized carbons (Fsp3) is 0.0357. The summed E-state index contributed by atoms with van der Waals surface area (Å²) in [6.45, 7) is 0. The van der Waals surface area contributed by atoms with Crippen LogP contribution < -0.4 is 0 Å². The van der Waals surface area contributed by atoms with E-state index < -0.39 is 0 Å². The molecule has 2 heteroatoms. The minimum absolute atomic E-state index is 1.21. The first kappa shape index (κ1) is 32.8. The largest absolute Gasteiger partial charge is 0.344 e. The molecule has 58 heavy (non-hydrogen) atoms. The quantitative estimate of drug-likeness (QED) is 0.159. The lowest BCUT2D eigenvalue weighted by atomic mass is 9.82. The second kappa shape index (κ2) is 12.5. The van der Waals surface area contributed by atoms with Gasteiger partial charge < -0.3 is 9.13 Å². The van der Waals surface area contributed by atoms with Gasteiger partial charge in [-0.2, -0.15) is 0 Å². The molecule has 12 aromatic rings. The van der Waals surface area contributed by atoms with Crippen molar-refractivity contribution in [2.45, 2.75) is 0 Å². The van der Waals surface area contributed by atoms with Crippen LogP contribution in [-0.2, 0) is 14.1 Å². The van der Waals surface area contributed by atoms with Crippen LogP contribution in [-0.4, -0.2) is 9.13 Å². The lowest BCUT2D eigenvalue weighted by molar-refractivity contribution is 1.01. The minimum atomic E-state index is 1.21. The Bertz CT molecular complexity index is 3460. The topological polar surface area (TPSA) is 9.86 Å². The lowest BCUT2D eigenvalue weighted by Gasteiger charge is -2.21. The van der Waals surface area contributed by atoms with E-state index in [1.807, 2.05) is 0 Å². The predicted molar refractivity (Wildman–Crippen MR) is 249 cm³/mol. The molecule has 0 radical (unpaired) electrons. The summed E-state index contributed by atoms with van der Waals surface area (Å²) in [4.78, 5) is 0. The van der Waals surface area contributed by atoms with Crippen LogP contribution in [0.1, 0.15) is 0 Å². The molecular weight excluding hydrogens is 701 g/mol. The van der Waals surface area contributed by atoms with Crippen molar-refractivity contribution < 1.29 is 0 Å². The minimum Gasteiger partial charge on any atom is -0.344 e. The molecule has 0 amide bonds. The van der Waals surface area contributed by atoms with Gasteiger partial charge in [-0.15, -0.1) is 0 Å². The maximum absolute atomic E-state index is 2.48. The Morgan fingerprint density at radius 1 is 0.259 bits per heavy atom. The summed E-state index contributed by atoms with van der Waals surface area (Å²) in [6, 6.07) is 72.2. The fourth-order valence-electron chi connectivity index (χ4n) is 9.99. The highest BCUT2D eigenvalue weighted by molar-refractivity contribution is 6.24. The zero-order valence-electron chi connectivity index (χ0n) is 32.4. The van der Waals surface area contributed by atoms with Crippen LogP contribution in [0, 0.1) is 0 Å². The molecule has 2 aromatic heterocycles. The van der Waals surface area contributed by atoms with Crippen LogP contribution in [0.15, 0.2) is 194 Å². The first-order valence-corrected chi connectivity index (χ1v) is 20.1. The van der Waals surface area contributed by atoms with Crippen molar-refractivity contribution >= 4 is 75.9 Å². The van der Waals surface area contributed by atoms with Crippen molar-refractivity contribution in [2.75, 3.05) is 0 Å². The molecule has 0 fully saturated rings. The van der Waals surface area contributed by atoms with Crippen molar-refractivity contribution in [1.29, 1.82) is 0 Å². The lowest BCUT2D eigenvalue weighted by Crippen LogP contribution is -1.94. The highest BCUT2D eigenvalue weighted by Crippen LogP contribution is 2.48. The van der Waals surface area contributed by atoms with E-state index in [1.165, 1.54) is 120 Å². The normalized spacial score (nSPS) is 12.0. The Morgan fingerprint density at radius 3 is 1.33 bits per heavy atom. The molecule has 0 saturated carbocycles. The molecule has 0 saturated heterocycles. The molecular formula is C56H38N2. The highest BCUT2D eigenvalue weighted by atomic mass is 14.9. The molecule has 0 aliphatic heterocycles. The van der Waals surface area contributed by atoms with Gasteiger partial charge in [0.2, 0.25) is 0 Å². The number of aryl methyl sites for hydroxylation is 2. The Balaban J connectivity index is 1.22. The second-order valence-corrected chi connectivity index (χ2v) is 15.7. The van der Waals surface area contributed by atoms with E-state index in [0.29, 0.717) is 0 Å². The molecule has 0 bridgehead atoms. The molecule has 0 spiro atoms. The average Bonchev–Trinajstić information content (AvgIpc) is 3.74. The van der Waals surface area contributed by atoms with Gasteiger partial charge in [0.05, 0.1) is 0 Å². The van der Waals surface area contributed by atoms with Gasteiger partial charge in [0.25, 0.3) is 0 Å². The fourth-order valence-corrected chi connectivity index (χ4v) is 9.99. The Labute approximate surface area is 336 Å². The Kier molecular flexibility index (Phi) is 7.09. The van der Waals surface area contributed by atoms with Crippen LogP contribution in [0.25, 0.3) is 120 Å². The maximum Gasteiger partial charge on any atom is 0.0494 e. The summed E-state index contributed by atoms with van der Waals surface area (Å²) >= 11 is 0. The van der Waals surface area contributed by atoms with Crippen LogP contribution in [0.4, 0.5) is 0 Å². The summed E-state index contributed by atoms with van der Waals surface area (Å²) in [5.41, 5.74) is 14.8. The van der Waals surface area contributed by atoms with Crippen molar-refractivity contribution in [3.63, 3.8) is 0 Å². The van der Waals surface area contributed by atoms with E-state index in [0.717, 1.165) is 0 Å². The van der Waals surface area contributed by atoms with E-state index in [1.54, 1.807) is 0 Å². The molecule has 10 aromatic carbocycles. The van der Waals surface area contributed by atoms with E-state index in [2.05, 4.69) is 217 Å². The number of rotatable bonds is 4. The zero-order valence-corrected chi connectivity index (χ0v) is 32.4. The summed E-state index contributed by atoms with van der Waals surface area (Å²) < 4.78 is 4.67. The van der Waals surface area contributed by atoms with Gasteiger partial charge >= 0.3 is 0 Å². The third-order valence-corrected chi connectivity index (χ3v) is 12.8. The number of aromatic nitrogens is 2. The van der Waals surface area contributed by atoms with Crippen molar-refractivity contribution in [3.05, 3.63) is 194 Å². The highest BCUT2D eigenvalue weighted by Gasteiger charge is 2.21. The number of fused-ring (bicyclic) bond motifs is 9. The summed E-state index contributed by atoms with van der Waals surface area (Å²) in [5.74, 6) is 0. The van der Waals surface area contributed by atoms with Crippen molar-refractivity contribution in [1.82, 2.24) is 9.13 Å². The molecule has 0 unspecified atom stereocenters. The van der Waals surface area contributed by atoms with E-state index >= 15 is 0 Å². The number of para-hydroxylation sites is 2. The molecule has 2 heterocycles. The van der Waals surface area contributed by atoms with Gasteiger partial charge in [-0.3, -0.25) is 0 Å². The molecule has 12 rings (SSSR count). The van der Waals surface area contributed by atoms with E-state index in [4.69, 9.17) is 0 Å². The Morgan fingerprint density at radius 2 is 0.741 bits per heavy atom. The van der Waals surface area contributed by atoms with Crippen LogP contribution in [0.2, 0.25) is 0 Å². The maximum atomic E-state index is 2.48. The molecule has 0 aliphatic rings. The van der Waals surface area contributed by atoms with Crippen molar-refractivity contribution in [2.24, 2.45) is 14.1 Å². The number of benzene rings is 10. The van der Waals surface area contributed by atoms with Gasteiger partial charge in [0.15, 0.2) is 0 Å².